The maximum Gasteiger partial charge on any atom is 0.341 e. The van der Waals surface area contributed by atoms with Crippen molar-refractivity contribution in [2.24, 2.45) is 5.92 Å². The average molecular weight is 462 g/mol. The Bertz CT molecular complexity index is 1170. The number of para-hydroxylation sites is 2. The van der Waals surface area contributed by atoms with Crippen molar-refractivity contribution in [2.75, 3.05) is 11.9 Å². The topological polar surface area (TPSA) is 64.6 Å². The molecule has 5 nitrogen and oxygen atoms in total. The van der Waals surface area contributed by atoms with Crippen molar-refractivity contribution in [3.8, 4) is 11.5 Å². The van der Waals surface area contributed by atoms with E-state index in [1.54, 1.807) is 6.92 Å². The van der Waals surface area contributed by atoms with Crippen LogP contribution in [0.25, 0.3) is 0 Å². The first-order valence-electron chi connectivity index (χ1n) is 11.6. The molecule has 1 N–H and O–H groups in total. The molecule has 1 amide bonds. The lowest BCUT2D eigenvalue weighted by atomic mass is 9.85. The number of ether oxygens (including phenoxy) is 2. The fourth-order valence-electron chi connectivity index (χ4n) is 4.89. The van der Waals surface area contributed by atoms with Crippen molar-refractivity contribution in [3.05, 3.63) is 75.7 Å². The highest BCUT2D eigenvalue weighted by molar-refractivity contribution is 7.17. The van der Waals surface area contributed by atoms with Crippen LogP contribution in [0.2, 0.25) is 0 Å². The van der Waals surface area contributed by atoms with E-state index in [2.05, 4.69) is 12.2 Å². The normalized spacial score (nSPS) is 16.7. The molecule has 170 valence electrons. The van der Waals surface area contributed by atoms with Crippen molar-refractivity contribution in [2.45, 2.75) is 45.4 Å². The van der Waals surface area contributed by atoms with Crippen LogP contribution < -0.4 is 10.1 Å². The maximum absolute atomic E-state index is 13.7. The van der Waals surface area contributed by atoms with E-state index in [4.69, 9.17) is 9.47 Å². The summed E-state index contributed by atoms with van der Waals surface area (Å²) in [7, 11) is 0. The van der Waals surface area contributed by atoms with Gasteiger partial charge in [-0.2, -0.15) is 0 Å². The van der Waals surface area contributed by atoms with Crippen LogP contribution in [0.15, 0.2) is 48.5 Å². The molecule has 1 aromatic heterocycles. The fourth-order valence-corrected chi connectivity index (χ4v) is 6.24. The van der Waals surface area contributed by atoms with Crippen LogP contribution in [-0.4, -0.2) is 18.5 Å². The van der Waals surface area contributed by atoms with Gasteiger partial charge in [-0.1, -0.05) is 49.7 Å². The number of anilines is 1. The molecular weight excluding hydrogens is 434 g/mol. The average Bonchev–Trinajstić information content (AvgIpc) is 3.19. The minimum absolute atomic E-state index is 0.172. The summed E-state index contributed by atoms with van der Waals surface area (Å²) in [6, 6.07) is 15.2. The Balaban J connectivity index is 1.54. The molecule has 1 aliphatic carbocycles. The van der Waals surface area contributed by atoms with Gasteiger partial charge in [0.05, 0.1) is 18.1 Å². The van der Waals surface area contributed by atoms with Gasteiger partial charge < -0.3 is 14.8 Å². The van der Waals surface area contributed by atoms with E-state index in [-0.39, 0.29) is 11.9 Å². The van der Waals surface area contributed by atoms with Gasteiger partial charge in [0.15, 0.2) is 0 Å². The first kappa shape index (κ1) is 21.7. The van der Waals surface area contributed by atoms with E-state index >= 15 is 0 Å². The monoisotopic (exact) mass is 461 g/mol. The van der Waals surface area contributed by atoms with E-state index < -0.39 is 5.92 Å². The van der Waals surface area contributed by atoms with E-state index in [0.717, 1.165) is 42.4 Å². The lowest BCUT2D eigenvalue weighted by molar-refractivity contribution is -0.116. The zero-order valence-electron chi connectivity index (χ0n) is 18.9. The maximum atomic E-state index is 13.7. The van der Waals surface area contributed by atoms with Crippen LogP contribution in [0.1, 0.15) is 64.5 Å². The Hall–Kier alpha value is -3.12. The number of hydrogen-bond acceptors (Lipinski definition) is 5. The van der Waals surface area contributed by atoms with E-state index in [1.807, 2.05) is 48.5 Å². The van der Waals surface area contributed by atoms with Crippen LogP contribution in [0.5, 0.6) is 11.5 Å². The number of fused-ring (bicyclic) bond motifs is 3. The van der Waals surface area contributed by atoms with Gasteiger partial charge in [0, 0.05) is 16.0 Å². The lowest BCUT2D eigenvalue weighted by Gasteiger charge is -2.27. The number of nitrogens with one attached hydrogen (secondary N) is 1. The molecule has 0 fully saturated rings. The highest BCUT2D eigenvalue weighted by Crippen LogP contribution is 2.46. The van der Waals surface area contributed by atoms with Crippen molar-refractivity contribution in [3.63, 3.8) is 0 Å². The molecule has 2 aliphatic rings. The second kappa shape index (κ2) is 9.02. The van der Waals surface area contributed by atoms with Crippen LogP contribution in [0.3, 0.4) is 0 Å². The van der Waals surface area contributed by atoms with Gasteiger partial charge in [0.25, 0.3) is 0 Å². The number of carbonyl (C=O) groups excluding carboxylic acids is 2. The summed E-state index contributed by atoms with van der Waals surface area (Å²) in [4.78, 5) is 27.9. The predicted molar refractivity (Wildman–Crippen MR) is 130 cm³/mol. The molecule has 3 aromatic rings. The Labute approximate surface area is 197 Å². The third-order valence-electron chi connectivity index (χ3n) is 6.60. The Morgan fingerprint density at radius 1 is 1.06 bits per heavy atom. The molecule has 6 heteroatoms. The van der Waals surface area contributed by atoms with Crippen molar-refractivity contribution in [1.82, 2.24) is 0 Å². The standard InChI is InChI=1S/C27H27NO4S/c1-3-16-13-14-19-22(15-16)33-26(24(19)27(30)31-4-2)28-25(29)23-17-9-5-7-11-20(17)32-21-12-8-6-10-18(21)23/h5-12,16,23H,3-4,13-15H2,1-2H3,(H,28,29)/t16-/m0/s1. The molecule has 2 heterocycles. The van der Waals surface area contributed by atoms with Gasteiger partial charge in [0.1, 0.15) is 16.5 Å². The number of thiophene rings is 1. The SMILES string of the molecule is CCOC(=O)c1c(NC(=O)C2c3ccccc3Oc3ccccc32)sc2c1CC[C@H](CC)C2. The minimum atomic E-state index is -0.524. The van der Waals surface area contributed by atoms with Gasteiger partial charge in [-0.25, -0.2) is 4.79 Å². The van der Waals surface area contributed by atoms with Crippen LogP contribution in [0, 0.1) is 5.92 Å². The molecule has 5 rings (SSSR count). The number of rotatable bonds is 5. The third-order valence-corrected chi connectivity index (χ3v) is 7.77. The van der Waals surface area contributed by atoms with Crippen LogP contribution in [0.4, 0.5) is 5.00 Å². The van der Waals surface area contributed by atoms with Crippen LogP contribution >= 0.6 is 11.3 Å². The van der Waals surface area contributed by atoms with Crippen LogP contribution in [-0.2, 0) is 22.4 Å². The Morgan fingerprint density at radius 2 is 1.73 bits per heavy atom. The molecular formula is C27H27NO4S. The highest BCUT2D eigenvalue weighted by Gasteiger charge is 2.35. The molecule has 1 atom stereocenters. The highest BCUT2D eigenvalue weighted by atomic mass is 32.1. The summed E-state index contributed by atoms with van der Waals surface area (Å²) in [5.74, 6) is 0.923. The summed E-state index contributed by atoms with van der Waals surface area (Å²) in [6.07, 6.45) is 3.96. The first-order valence-corrected chi connectivity index (χ1v) is 12.4. The zero-order valence-corrected chi connectivity index (χ0v) is 19.7. The summed E-state index contributed by atoms with van der Waals surface area (Å²) in [5, 5.41) is 3.71. The summed E-state index contributed by atoms with van der Waals surface area (Å²) in [6.45, 7) is 4.31. The Morgan fingerprint density at radius 3 is 2.36 bits per heavy atom. The zero-order chi connectivity index (χ0) is 22.9. The lowest BCUT2D eigenvalue weighted by Crippen LogP contribution is -2.25. The molecule has 0 radical (unpaired) electrons. The molecule has 0 bridgehead atoms. The molecule has 1 aliphatic heterocycles. The van der Waals surface area contributed by atoms with E-state index in [0.29, 0.717) is 34.6 Å². The summed E-state index contributed by atoms with van der Waals surface area (Å²) >= 11 is 1.53. The van der Waals surface area contributed by atoms with Crippen molar-refractivity contribution < 1.29 is 19.1 Å². The summed E-state index contributed by atoms with van der Waals surface area (Å²) < 4.78 is 11.4. The second-order valence-corrected chi connectivity index (χ2v) is 9.65. The number of esters is 1. The van der Waals surface area contributed by atoms with Gasteiger partial charge in [-0.05, 0) is 49.8 Å². The first-order chi connectivity index (χ1) is 16.1. The van der Waals surface area contributed by atoms with Gasteiger partial charge in [0.2, 0.25) is 5.91 Å². The largest absolute Gasteiger partial charge is 0.462 e. The van der Waals surface area contributed by atoms with Gasteiger partial charge in [-0.15, -0.1) is 11.3 Å². The molecule has 33 heavy (non-hydrogen) atoms. The number of carbonyl (C=O) groups is 2. The van der Waals surface area contributed by atoms with Crippen molar-refractivity contribution in [1.29, 1.82) is 0 Å². The number of amides is 1. The van der Waals surface area contributed by atoms with Gasteiger partial charge >= 0.3 is 5.97 Å². The fraction of sp³-hybridized carbons (Fsp3) is 0.333. The molecule has 2 aromatic carbocycles. The van der Waals surface area contributed by atoms with E-state index in [1.165, 1.54) is 16.2 Å². The van der Waals surface area contributed by atoms with E-state index in [9.17, 15) is 9.59 Å². The second-order valence-electron chi connectivity index (χ2n) is 8.55. The van der Waals surface area contributed by atoms with Crippen molar-refractivity contribution >= 4 is 28.2 Å². The molecule has 0 unspecified atom stereocenters. The summed E-state index contributed by atoms with van der Waals surface area (Å²) in [5.41, 5.74) is 3.22. The molecule has 0 saturated heterocycles. The predicted octanol–water partition coefficient (Wildman–Crippen LogP) is 6.32. The van der Waals surface area contributed by atoms with Gasteiger partial charge in [-0.3, -0.25) is 4.79 Å². The molecule has 0 spiro atoms. The molecule has 0 saturated carbocycles. The third kappa shape index (κ3) is 3.93. The quantitative estimate of drug-likeness (QED) is 0.452. The number of hydrogen-bond donors (Lipinski definition) is 1. The Kier molecular flexibility index (Phi) is 5.94. The number of benzene rings is 2. The minimum Gasteiger partial charge on any atom is -0.462 e. The smallest absolute Gasteiger partial charge is 0.341 e.